The summed E-state index contributed by atoms with van der Waals surface area (Å²) in [7, 11) is 0. The first-order valence-corrected chi connectivity index (χ1v) is 5.09. The van der Waals surface area contributed by atoms with Crippen molar-refractivity contribution in [3.05, 3.63) is 35.4 Å². The van der Waals surface area contributed by atoms with Crippen molar-refractivity contribution in [2.75, 3.05) is 13.2 Å². The Kier molecular flexibility index (Phi) is 4.92. The van der Waals surface area contributed by atoms with Crippen LogP contribution in [0, 0.1) is 6.92 Å². The Morgan fingerprint density at radius 1 is 1.41 bits per heavy atom. The second-order valence-corrected chi connectivity index (χ2v) is 3.76. The van der Waals surface area contributed by atoms with Crippen LogP contribution in [0.4, 0.5) is 13.2 Å². The second kappa shape index (κ2) is 6.00. The maximum atomic E-state index is 11.9. The van der Waals surface area contributed by atoms with E-state index in [2.05, 4.69) is 10.2 Å². The lowest BCUT2D eigenvalue weighted by Crippen LogP contribution is -2.32. The summed E-state index contributed by atoms with van der Waals surface area (Å²) < 4.78 is 40.3. The van der Waals surface area contributed by atoms with Gasteiger partial charge in [0.1, 0.15) is 6.61 Å². The lowest BCUT2D eigenvalue weighted by Gasteiger charge is -2.17. The van der Waals surface area contributed by atoms with Crippen LogP contribution >= 0.6 is 0 Å². The highest BCUT2D eigenvalue weighted by molar-refractivity contribution is 5.25. The predicted octanol–water partition coefficient (Wildman–Crippen LogP) is 2.08. The number of hydrogen-bond donors (Lipinski definition) is 2. The molecule has 0 saturated heterocycles. The van der Waals surface area contributed by atoms with Crippen molar-refractivity contribution in [3.8, 4) is 0 Å². The van der Waals surface area contributed by atoms with Gasteiger partial charge in [-0.05, 0) is 12.5 Å². The van der Waals surface area contributed by atoms with E-state index < -0.39 is 18.8 Å². The van der Waals surface area contributed by atoms with E-state index in [0.29, 0.717) is 0 Å². The number of rotatable bonds is 5. The number of aryl methyl sites for hydroxylation is 1. The number of ether oxygens (including phenoxy) is 1. The van der Waals surface area contributed by atoms with Crippen LogP contribution in [-0.4, -0.2) is 19.4 Å². The molecule has 1 aromatic rings. The first kappa shape index (κ1) is 14.0. The van der Waals surface area contributed by atoms with Crippen molar-refractivity contribution in [3.63, 3.8) is 0 Å². The van der Waals surface area contributed by atoms with Gasteiger partial charge in [0.2, 0.25) is 0 Å². The summed E-state index contributed by atoms with van der Waals surface area (Å²) in [4.78, 5) is 0. The van der Waals surface area contributed by atoms with E-state index >= 15 is 0 Å². The Hall–Kier alpha value is -1.11. The summed E-state index contributed by atoms with van der Waals surface area (Å²) in [6.45, 7) is 0.504. The van der Waals surface area contributed by atoms with Crippen molar-refractivity contribution >= 4 is 0 Å². The summed E-state index contributed by atoms with van der Waals surface area (Å²) in [5.41, 5.74) is 4.25. The Balaban J connectivity index is 2.54. The van der Waals surface area contributed by atoms with Crippen LogP contribution in [0.5, 0.6) is 0 Å². The Labute approximate surface area is 97.7 Å². The minimum Gasteiger partial charge on any atom is -0.370 e. The van der Waals surface area contributed by atoms with E-state index in [9.17, 15) is 13.2 Å². The normalized spacial score (nSPS) is 13.7. The molecule has 0 spiro atoms. The van der Waals surface area contributed by atoms with Crippen LogP contribution in [0.1, 0.15) is 17.2 Å². The van der Waals surface area contributed by atoms with Crippen LogP contribution in [-0.2, 0) is 4.74 Å². The van der Waals surface area contributed by atoms with Crippen LogP contribution < -0.4 is 11.3 Å². The minimum atomic E-state index is -4.31. The maximum Gasteiger partial charge on any atom is 0.411 e. The molecule has 0 bridgehead atoms. The number of alkyl halides is 3. The average molecular weight is 248 g/mol. The molecular weight excluding hydrogens is 233 g/mol. The van der Waals surface area contributed by atoms with E-state index in [1.54, 1.807) is 6.07 Å². The molecule has 3 N–H and O–H groups in total. The SMILES string of the molecule is Cc1cccc(C(COCC(F)(F)F)NN)c1. The van der Waals surface area contributed by atoms with Crippen LogP contribution in [0.2, 0.25) is 0 Å². The molecule has 1 rings (SSSR count). The van der Waals surface area contributed by atoms with Crippen LogP contribution in [0.15, 0.2) is 24.3 Å². The summed E-state index contributed by atoms with van der Waals surface area (Å²) in [5.74, 6) is 5.29. The molecule has 0 radical (unpaired) electrons. The van der Waals surface area contributed by atoms with Gasteiger partial charge in [-0.1, -0.05) is 29.8 Å². The zero-order valence-electron chi connectivity index (χ0n) is 9.42. The number of nitrogens with one attached hydrogen (secondary N) is 1. The van der Waals surface area contributed by atoms with Gasteiger partial charge in [-0.25, -0.2) is 0 Å². The summed E-state index contributed by atoms with van der Waals surface area (Å²) >= 11 is 0. The summed E-state index contributed by atoms with van der Waals surface area (Å²) in [6, 6.07) is 6.90. The molecule has 1 unspecified atom stereocenters. The smallest absolute Gasteiger partial charge is 0.370 e. The molecule has 1 atom stereocenters. The van der Waals surface area contributed by atoms with E-state index in [0.717, 1.165) is 11.1 Å². The van der Waals surface area contributed by atoms with E-state index in [1.807, 2.05) is 25.1 Å². The molecule has 0 saturated carbocycles. The van der Waals surface area contributed by atoms with E-state index in [1.165, 1.54) is 0 Å². The van der Waals surface area contributed by atoms with Gasteiger partial charge in [0, 0.05) is 0 Å². The molecule has 0 fully saturated rings. The minimum absolute atomic E-state index is 0.126. The molecule has 17 heavy (non-hydrogen) atoms. The fourth-order valence-electron chi connectivity index (χ4n) is 1.42. The molecule has 1 aromatic carbocycles. The Bertz CT molecular complexity index is 355. The fourth-order valence-corrected chi connectivity index (χ4v) is 1.42. The van der Waals surface area contributed by atoms with Crippen LogP contribution in [0.3, 0.4) is 0 Å². The highest BCUT2D eigenvalue weighted by atomic mass is 19.4. The van der Waals surface area contributed by atoms with Gasteiger partial charge >= 0.3 is 6.18 Å². The second-order valence-electron chi connectivity index (χ2n) is 3.76. The van der Waals surface area contributed by atoms with E-state index in [4.69, 9.17) is 5.84 Å². The summed E-state index contributed by atoms with van der Waals surface area (Å²) in [5, 5.41) is 0. The van der Waals surface area contributed by atoms with Gasteiger partial charge in [-0.2, -0.15) is 13.2 Å². The molecule has 0 amide bonds. The van der Waals surface area contributed by atoms with Gasteiger partial charge in [0.25, 0.3) is 0 Å². The van der Waals surface area contributed by atoms with Gasteiger partial charge in [-0.3, -0.25) is 11.3 Å². The molecule has 0 heterocycles. The third-order valence-electron chi connectivity index (χ3n) is 2.20. The molecular formula is C11H15F3N2O. The van der Waals surface area contributed by atoms with Gasteiger partial charge < -0.3 is 4.74 Å². The zero-order chi connectivity index (χ0) is 12.9. The molecule has 0 aliphatic heterocycles. The Morgan fingerprint density at radius 2 is 2.12 bits per heavy atom. The molecule has 6 heteroatoms. The molecule has 0 aliphatic rings. The molecule has 0 aromatic heterocycles. The van der Waals surface area contributed by atoms with Crippen molar-refractivity contribution in [2.45, 2.75) is 19.1 Å². The van der Waals surface area contributed by atoms with E-state index in [-0.39, 0.29) is 6.61 Å². The predicted molar refractivity (Wildman–Crippen MR) is 58.1 cm³/mol. The fraction of sp³-hybridized carbons (Fsp3) is 0.455. The average Bonchev–Trinajstić information content (AvgIpc) is 2.23. The van der Waals surface area contributed by atoms with Crippen molar-refractivity contribution in [1.82, 2.24) is 5.43 Å². The molecule has 0 aliphatic carbocycles. The molecule has 3 nitrogen and oxygen atoms in total. The monoisotopic (exact) mass is 248 g/mol. The standard InChI is InChI=1S/C11H15F3N2O/c1-8-3-2-4-9(5-8)10(16-15)6-17-7-11(12,13)14/h2-5,10,16H,6-7,15H2,1H3. The number of hydrogen-bond acceptors (Lipinski definition) is 3. The molecule has 96 valence electrons. The van der Waals surface area contributed by atoms with Crippen LogP contribution in [0.25, 0.3) is 0 Å². The lowest BCUT2D eigenvalue weighted by atomic mass is 10.1. The van der Waals surface area contributed by atoms with Crippen molar-refractivity contribution < 1.29 is 17.9 Å². The first-order chi connectivity index (χ1) is 7.92. The highest BCUT2D eigenvalue weighted by Crippen LogP contribution is 2.18. The van der Waals surface area contributed by atoms with Gasteiger partial charge in [0.15, 0.2) is 0 Å². The largest absolute Gasteiger partial charge is 0.411 e. The lowest BCUT2D eigenvalue weighted by molar-refractivity contribution is -0.175. The Morgan fingerprint density at radius 3 is 2.65 bits per heavy atom. The van der Waals surface area contributed by atoms with Gasteiger partial charge in [0.05, 0.1) is 12.6 Å². The quantitative estimate of drug-likeness (QED) is 0.619. The third-order valence-corrected chi connectivity index (χ3v) is 2.20. The third kappa shape index (κ3) is 5.16. The van der Waals surface area contributed by atoms with Crippen molar-refractivity contribution in [2.24, 2.45) is 5.84 Å². The number of benzene rings is 1. The van der Waals surface area contributed by atoms with Crippen molar-refractivity contribution in [1.29, 1.82) is 0 Å². The van der Waals surface area contributed by atoms with Gasteiger partial charge in [-0.15, -0.1) is 0 Å². The number of nitrogens with two attached hydrogens (primary N) is 1. The first-order valence-electron chi connectivity index (χ1n) is 5.09. The number of halogens is 3. The summed E-state index contributed by atoms with van der Waals surface area (Å²) in [6.07, 6.45) is -4.31. The highest BCUT2D eigenvalue weighted by Gasteiger charge is 2.28. The number of hydrazine groups is 1. The maximum absolute atomic E-state index is 11.9. The zero-order valence-corrected chi connectivity index (χ0v) is 9.42. The topological polar surface area (TPSA) is 47.3 Å².